The number of nitrogens with one attached hydrogen (secondary N) is 1. The third kappa shape index (κ3) is 5.95. The van der Waals surface area contributed by atoms with E-state index >= 15 is 0 Å². The van der Waals surface area contributed by atoms with Crippen LogP contribution in [0.15, 0.2) is 23.3 Å². The standard InChI is InChI=1S/C21H33N5O2.HI/c1-2-22-21(26-11-13-28-19(16-26)18-6-5-12-27-18)24-15-17-7-8-20(23-14-17)25-9-3-4-10-25;/h7-8,14,18-19H,2-6,9-13,15-16H2,1H3,(H,22,24);1H. The largest absolute Gasteiger partial charge is 0.375 e. The van der Waals surface area contributed by atoms with Crippen LogP contribution in [0.5, 0.6) is 0 Å². The molecule has 7 nitrogen and oxygen atoms in total. The van der Waals surface area contributed by atoms with Crippen molar-refractivity contribution in [3.63, 3.8) is 0 Å². The quantitative estimate of drug-likeness (QED) is 0.370. The van der Waals surface area contributed by atoms with Gasteiger partial charge in [-0.15, -0.1) is 24.0 Å². The summed E-state index contributed by atoms with van der Waals surface area (Å²) in [6, 6.07) is 4.29. The first-order valence-corrected chi connectivity index (χ1v) is 10.8. The molecule has 0 aliphatic carbocycles. The number of ether oxygens (including phenoxy) is 2. The predicted octanol–water partition coefficient (Wildman–Crippen LogP) is 2.65. The molecule has 0 bridgehead atoms. The molecule has 3 aliphatic heterocycles. The van der Waals surface area contributed by atoms with Gasteiger partial charge in [-0.3, -0.25) is 0 Å². The van der Waals surface area contributed by atoms with Crippen molar-refractivity contribution in [2.45, 2.75) is 51.4 Å². The number of aromatic nitrogens is 1. The number of guanidine groups is 1. The number of hydrogen-bond donors (Lipinski definition) is 1. The summed E-state index contributed by atoms with van der Waals surface area (Å²) in [7, 11) is 0. The van der Waals surface area contributed by atoms with Crippen LogP contribution in [0.25, 0.3) is 0 Å². The van der Waals surface area contributed by atoms with Crippen molar-refractivity contribution >= 4 is 35.8 Å². The van der Waals surface area contributed by atoms with Crippen LogP contribution in [0.3, 0.4) is 0 Å². The fourth-order valence-electron chi connectivity index (χ4n) is 4.22. The van der Waals surface area contributed by atoms with Crippen molar-refractivity contribution < 1.29 is 9.47 Å². The highest BCUT2D eigenvalue weighted by molar-refractivity contribution is 14.0. The first-order chi connectivity index (χ1) is 13.8. The highest BCUT2D eigenvalue weighted by Crippen LogP contribution is 2.21. The zero-order chi connectivity index (χ0) is 19.2. The molecule has 0 spiro atoms. The summed E-state index contributed by atoms with van der Waals surface area (Å²) in [6.45, 7) is 9.13. The minimum atomic E-state index is 0. The second-order valence-corrected chi connectivity index (χ2v) is 7.80. The lowest BCUT2D eigenvalue weighted by Gasteiger charge is -2.37. The number of halogens is 1. The molecule has 3 saturated heterocycles. The summed E-state index contributed by atoms with van der Waals surface area (Å²) >= 11 is 0. The molecular weight excluding hydrogens is 481 g/mol. The van der Waals surface area contributed by atoms with Gasteiger partial charge in [0, 0.05) is 45.5 Å². The summed E-state index contributed by atoms with van der Waals surface area (Å²) in [4.78, 5) is 14.2. The Kier molecular flexibility index (Phi) is 8.80. The maximum Gasteiger partial charge on any atom is 0.194 e. The molecule has 0 radical (unpaired) electrons. The van der Waals surface area contributed by atoms with Gasteiger partial charge in [0.2, 0.25) is 0 Å². The van der Waals surface area contributed by atoms with E-state index in [0.29, 0.717) is 6.54 Å². The van der Waals surface area contributed by atoms with E-state index in [-0.39, 0.29) is 36.2 Å². The smallest absolute Gasteiger partial charge is 0.194 e. The molecule has 162 valence electrons. The first kappa shape index (κ1) is 22.6. The van der Waals surface area contributed by atoms with Crippen LogP contribution in [0.4, 0.5) is 5.82 Å². The van der Waals surface area contributed by atoms with Gasteiger partial charge in [0.1, 0.15) is 11.9 Å². The number of pyridine rings is 1. The average Bonchev–Trinajstić information content (AvgIpc) is 3.46. The van der Waals surface area contributed by atoms with Crippen molar-refractivity contribution in [2.24, 2.45) is 4.99 Å². The molecule has 1 aromatic rings. The molecule has 3 aliphatic rings. The number of aliphatic imine (C=N–C) groups is 1. The van der Waals surface area contributed by atoms with Crippen LogP contribution in [0.2, 0.25) is 0 Å². The third-order valence-electron chi connectivity index (χ3n) is 5.76. The van der Waals surface area contributed by atoms with E-state index in [2.05, 4.69) is 39.2 Å². The van der Waals surface area contributed by atoms with E-state index in [1.807, 2.05) is 6.20 Å². The predicted molar refractivity (Wildman–Crippen MR) is 126 cm³/mol. The van der Waals surface area contributed by atoms with Gasteiger partial charge >= 0.3 is 0 Å². The Morgan fingerprint density at radius 1 is 1.14 bits per heavy atom. The van der Waals surface area contributed by atoms with Crippen molar-refractivity contribution in [1.82, 2.24) is 15.2 Å². The van der Waals surface area contributed by atoms with Crippen molar-refractivity contribution in [1.29, 1.82) is 0 Å². The van der Waals surface area contributed by atoms with Gasteiger partial charge in [-0.2, -0.15) is 0 Å². The number of anilines is 1. The van der Waals surface area contributed by atoms with Crippen molar-refractivity contribution in [2.75, 3.05) is 50.8 Å². The van der Waals surface area contributed by atoms with Crippen molar-refractivity contribution in [3.8, 4) is 0 Å². The van der Waals surface area contributed by atoms with Gasteiger partial charge in [0.05, 0.1) is 19.3 Å². The summed E-state index contributed by atoms with van der Waals surface area (Å²) in [5, 5.41) is 3.44. The zero-order valence-corrected chi connectivity index (χ0v) is 19.7. The van der Waals surface area contributed by atoms with Crippen LogP contribution in [-0.4, -0.2) is 74.0 Å². The molecule has 29 heavy (non-hydrogen) atoms. The van der Waals surface area contributed by atoms with E-state index in [4.69, 9.17) is 14.5 Å². The molecule has 4 heterocycles. The lowest BCUT2D eigenvalue weighted by atomic mass is 10.1. The van der Waals surface area contributed by atoms with Gasteiger partial charge in [0.25, 0.3) is 0 Å². The van der Waals surface area contributed by atoms with Crippen LogP contribution in [0.1, 0.15) is 38.2 Å². The molecule has 4 rings (SSSR count). The van der Waals surface area contributed by atoms with Crippen LogP contribution < -0.4 is 10.2 Å². The van der Waals surface area contributed by atoms with Gasteiger partial charge in [-0.25, -0.2) is 9.98 Å². The lowest BCUT2D eigenvalue weighted by Crippen LogP contribution is -2.53. The normalized spacial score (nSPS) is 25.2. The maximum atomic E-state index is 5.98. The Bertz CT molecular complexity index is 645. The summed E-state index contributed by atoms with van der Waals surface area (Å²) in [5.41, 5.74) is 1.14. The fraction of sp³-hybridized carbons (Fsp3) is 0.714. The Balaban J connectivity index is 0.00000240. The minimum absolute atomic E-state index is 0. The van der Waals surface area contributed by atoms with Gasteiger partial charge in [-0.1, -0.05) is 6.07 Å². The third-order valence-corrected chi connectivity index (χ3v) is 5.76. The second-order valence-electron chi connectivity index (χ2n) is 7.80. The SMILES string of the molecule is CCNC(=NCc1ccc(N2CCCC2)nc1)N1CCOC(C2CCCO2)C1.I. The molecule has 8 heteroatoms. The minimum Gasteiger partial charge on any atom is -0.375 e. The zero-order valence-electron chi connectivity index (χ0n) is 17.4. The summed E-state index contributed by atoms with van der Waals surface area (Å²) in [6.07, 6.45) is 7.11. The molecule has 0 aromatic carbocycles. The molecule has 2 unspecified atom stereocenters. The highest BCUT2D eigenvalue weighted by atomic mass is 127. The van der Waals surface area contributed by atoms with Crippen LogP contribution in [-0.2, 0) is 16.0 Å². The van der Waals surface area contributed by atoms with Crippen LogP contribution >= 0.6 is 24.0 Å². The first-order valence-electron chi connectivity index (χ1n) is 10.8. The van der Waals surface area contributed by atoms with Crippen LogP contribution in [0, 0.1) is 0 Å². The number of rotatable bonds is 5. The monoisotopic (exact) mass is 515 g/mol. The van der Waals surface area contributed by atoms with Gasteiger partial charge in [-0.05, 0) is 44.2 Å². The molecule has 1 aromatic heterocycles. The Hall–Kier alpha value is -1.13. The molecule has 2 atom stereocenters. The number of morpholine rings is 1. The molecular formula is C21H34IN5O2. The van der Waals surface area contributed by atoms with E-state index in [0.717, 1.165) is 76.1 Å². The molecule has 3 fully saturated rings. The summed E-state index contributed by atoms with van der Waals surface area (Å²) < 4.78 is 11.8. The maximum absolute atomic E-state index is 5.98. The fourth-order valence-corrected chi connectivity index (χ4v) is 4.22. The highest BCUT2D eigenvalue weighted by Gasteiger charge is 2.32. The number of hydrogen-bond acceptors (Lipinski definition) is 5. The Morgan fingerprint density at radius 3 is 2.66 bits per heavy atom. The van der Waals surface area contributed by atoms with Crippen molar-refractivity contribution in [3.05, 3.63) is 23.9 Å². The topological polar surface area (TPSA) is 62.2 Å². The van der Waals surface area contributed by atoms with E-state index in [1.54, 1.807) is 0 Å². The second kappa shape index (κ2) is 11.3. The van der Waals surface area contributed by atoms with E-state index in [1.165, 1.54) is 12.8 Å². The van der Waals surface area contributed by atoms with E-state index in [9.17, 15) is 0 Å². The average molecular weight is 515 g/mol. The Morgan fingerprint density at radius 2 is 1.97 bits per heavy atom. The lowest BCUT2D eigenvalue weighted by molar-refractivity contribution is -0.0817. The summed E-state index contributed by atoms with van der Waals surface area (Å²) in [5.74, 6) is 2.04. The van der Waals surface area contributed by atoms with Gasteiger partial charge in [0.15, 0.2) is 5.96 Å². The number of nitrogens with zero attached hydrogens (tertiary/aromatic N) is 4. The molecule has 0 amide bonds. The molecule has 1 N–H and O–H groups in total. The Labute approximate surface area is 191 Å². The van der Waals surface area contributed by atoms with E-state index < -0.39 is 0 Å². The van der Waals surface area contributed by atoms with Gasteiger partial charge < -0.3 is 24.6 Å². The molecule has 0 saturated carbocycles.